The van der Waals surface area contributed by atoms with Gasteiger partial charge >= 0.3 is 0 Å². The number of ether oxygens (including phenoxy) is 1. The van der Waals surface area contributed by atoms with Crippen molar-refractivity contribution in [1.82, 2.24) is 9.88 Å². The molecule has 1 unspecified atom stereocenters. The molecule has 0 saturated carbocycles. The van der Waals surface area contributed by atoms with E-state index in [-0.39, 0.29) is 0 Å². The molecule has 0 bridgehead atoms. The molecule has 90 valence electrons. The highest BCUT2D eigenvalue weighted by atomic mass is 16.5. The van der Waals surface area contributed by atoms with Gasteiger partial charge in [-0.05, 0) is 25.6 Å². The molecular formula is C12H20N2O2. The number of aliphatic hydroxyl groups is 1. The van der Waals surface area contributed by atoms with Crippen molar-refractivity contribution in [3.05, 3.63) is 29.6 Å². The maximum Gasteiger partial charge on any atom is 0.0900 e. The second-order valence-corrected chi connectivity index (χ2v) is 4.13. The summed E-state index contributed by atoms with van der Waals surface area (Å²) in [7, 11) is 3.55. The molecule has 0 aliphatic carbocycles. The number of nitrogens with zero attached hydrogens (tertiary/aromatic N) is 2. The Hall–Kier alpha value is -0.970. The number of aromatic nitrogens is 1. The van der Waals surface area contributed by atoms with Crippen LogP contribution in [0.15, 0.2) is 18.3 Å². The van der Waals surface area contributed by atoms with Gasteiger partial charge in [-0.25, -0.2) is 0 Å². The first-order valence-electron chi connectivity index (χ1n) is 5.39. The monoisotopic (exact) mass is 224 g/mol. The molecule has 4 nitrogen and oxygen atoms in total. The van der Waals surface area contributed by atoms with Gasteiger partial charge in [0.15, 0.2) is 0 Å². The Bertz CT molecular complexity index is 300. The summed E-state index contributed by atoms with van der Waals surface area (Å²) in [6, 6.07) is 4.05. The number of hydrogen-bond donors (Lipinski definition) is 1. The molecule has 1 aromatic rings. The molecule has 1 heterocycles. The Morgan fingerprint density at radius 2 is 2.25 bits per heavy atom. The fourth-order valence-electron chi connectivity index (χ4n) is 1.54. The lowest BCUT2D eigenvalue weighted by Gasteiger charge is -2.19. The van der Waals surface area contributed by atoms with E-state index in [4.69, 9.17) is 4.74 Å². The van der Waals surface area contributed by atoms with Crippen LogP contribution in [-0.2, 0) is 11.3 Å². The summed E-state index contributed by atoms with van der Waals surface area (Å²) in [6.07, 6.45) is 1.41. The van der Waals surface area contributed by atoms with Gasteiger partial charge in [-0.1, -0.05) is 6.07 Å². The van der Waals surface area contributed by atoms with Crippen LogP contribution in [0.4, 0.5) is 0 Å². The van der Waals surface area contributed by atoms with Gasteiger partial charge in [0.25, 0.3) is 0 Å². The Kier molecular flexibility index (Phi) is 5.38. The molecule has 0 fully saturated rings. The van der Waals surface area contributed by atoms with Gasteiger partial charge < -0.3 is 9.84 Å². The largest absolute Gasteiger partial charge is 0.389 e. The lowest BCUT2D eigenvalue weighted by molar-refractivity contribution is 0.0416. The quantitative estimate of drug-likeness (QED) is 0.777. The summed E-state index contributed by atoms with van der Waals surface area (Å²) in [5, 5.41) is 9.55. The highest BCUT2D eigenvalue weighted by Gasteiger charge is 2.08. The van der Waals surface area contributed by atoms with Gasteiger partial charge in [0.1, 0.15) is 0 Å². The lowest BCUT2D eigenvalue weighted by atomic mass is 10.2. The normalized spacial score (nSPS) is 13.1. The maximum absolute atomic E-state index is 9.55. The highest BCUT2D eigenvalue weighted by Crippen LogP contribution is 2.02. The summed E-state index contributed by atoms with van der Waals surface area (Å²) >= 11 is 0. The van der Waals surface area contributed by atoms with Crippen LogP contribution < -0.4 is 0 Å². The van der Waals surface area contributed by atoms with Crippen molar-refractivity contribution >= 4 is 0 Å². The van der Waals surface area contributed by atoms with Crippen LogP contribution in [-0.4, -0.2) is 48.4 Å². The molecule has 1 aromatic heterocycles. The topological polar surface area (TPSA) is 45.6 Å². The van der Waals surface area contributed by atoms with Crippen molar-refractivity contribution in [2.75, 3.05) is 27.3 Å². The third-order valence-electron chi connectivity index (χ3n) is 2.29. The van der Waals surface area contributed by atoms with Crippen molar-refractivity contribution in [3.63, 3.8) is 0 Å². The van der Waals surface area contributed by atoms with Crippen molar-refractivity contribution in [1.29, 1.82) is 0 Å². The minimum absolute atomic E-state index is 0.367. The molecule has 0 aliphatic heterocycles. The molecular weight excluding hydrogens is 204 g/mol. The number of methoxy groups -OCH3 is 1. The standard InChI is InChI=1S/C12H20N2O2/c1-10-4-5-11(13-6-10)7-14(2)8-12(15)9-16-3/h4-6,12,15H,7-9H2,1-3H3. The van der Waals surface area contributed by atoms with Gasteiger partial charge in [-0.2, -0.15) is 0 Å². The van der Waals surface area contributed by atoms with Crippen LogP contribution in [0.1, 0.15) is 11.3 Å². The Morgan fingerprint density at radius 3 is 2.81 bits per heavy atom. The third kappa shape index (κ3) is 4.70. The van der Waals surface area contributed by atoms with E-state index >= 15 is 0 Å². The van der Waals surface area contributed by atoms with Gasteiger partial charge in [0.05, 0.1) is 18.4 Å². The van der Waals surface area contributed by atoms with E-state index in [1.54, 1.807) is 7.11 Å². The molecule has 1 N–H and O–H groups in total. The molecule has 0 spiro atoms. The highest BCUT2D eigenvalue weighted by molar-refractivity contribution is 5.11. The van der Waals surface area contributed by atoms with Crippen molar-refractivity contribution in [3.8, 4) is 0 Å². The minimum atomic E-state index is -0.444. The molecule has 16 heavy (non-hydrogen) atoms. The number of hydrogen-bond acceptors (Lipinski definition) is 4. The Labute approximate surface area is 96.9 Å². The van der Waals surface area contributed by atoms with E-state index in [1.807, 2.05) is 37.2 Å². The maximum atomic E-state index is 9.55. The number of rotatable bonds is 6. The summed E-state index contributed by atoms with van der Waals surface area (Å²) < 4.78 is 4.88. The number of likely N-dealkylation sites (N-methyl/N-ethyl adjacent to an activating group) is 1. The van der Waals surface area contributed by atoms with E-state index in [9.17, 15) is 5.11 Å². The number of pyridine rings is 1. The van der Waals surface area contributed by atoms with E-state index in [2.05, 4.69) is 4.98 Å². The Morgan fingerprint density at radius 1 is 1.50 bits per heavy atom. The molecule has 0 amide bonds. The predicted molar refractivity (Wildman–Crippen MR) is 63.2 cm³/mol. The van der Waals surface area contributed by atoms with Crippen molar-refractivity contribution in [2.45, 2.75) is 19.6 Å². The smallest absolute Gasteiger partial charge is 0.0900 e. The van der Waals surface area contributed by atoms with Crippen LogP contribution in [0.2, 0.25) is 0 Å². The average molecular weight is 224 g/mol. The molecule has 0 aromatic carbocycles. The molecule has 1 atom stereocenters. The van der Waals surface area contributed by atoms with E-state index in [0.717, 1.165) is 17.8 Å². The van der Waals surface area contributed by atoms with E-state index in [1.165, 1.54) is 0 Å². The third-order valence-corrected chi connectivity index (χ3v) is 2.29. The SMILES string of the molecule is COCC(O)CN(C)Cc1ccc(C)cn1. The summed E-state index contributed by atoms with van der Waals surface area (Å²) in [5.74, 6) is 0. The average Bonchev–Trinajstić information content (AvgIpc) is 2.21. The number of aliphatic hydroxyl groups excluding tert-OH is 1. The van der Waals surface area contributed by atoms with E-state index in [0.29, 0.717) is 13.2 Å². The van der Waals surface area contributed by atoms with Gasteiger partial charge in [-0.3, -0.25) is 9.88 Å². The van der Waals surface area contributed by atoms with E-state index < -0.39 is 6.10 Å². The van der Waals surface area contributed by atoms with Crippen molar-refractivity contribution in [2.24, 2.45) is 0 Å². The molecule has 0 saturated heterocycles. The minimum Gasteiger partial charge on any atom is -0.389 e. The van der Waals surface area contributed by atoms with Gasteiger partial charge in [0, 0.05) is 26.4 Å². The first-order chi connectivity index (χ1) is 7.61. The van der Waals surface area contributed by atoms with Gasteiger partial charge in [-0.15, -0.1) is 0 Å². The zero-order valence-electron chi connectivity index (χ0n) is 10.2. The molecule has 1 rings (SSSR count). The zero-order chi connectivity index (χ0) is 12.0. The summed E-state index contributed by atoms with van der Waals surface area (Å²) in [4.78, 5) is 6.35. The fourth-order valence-corrected chi connectivity index (χ4v) is 1.54. The Balaban J connectivity index is 2.39. The molecule has 0 radical (unpaired) electrons. The predicted octanol–water partition coefficient (Wildman–Crippen LogP) is 0.829. The van der Waals surface area contributed by atoms with Crippen LogP contribution in [0.3, 0.4) is 0 Å². The first-order valence-corrected chi connectivity index (χ1v) is 5.39. The second kappa shape index (κ2) is 6.58. The van der Waals surface area contributed by atoms with Gasteiger partial charge in [0.2, 0.25) is 0 Å². The molecule has 4 heteroatoms. The first kappa shape index (κ1) is 13.1. The fraction of sp³-hybridized carbons (Fsp3) is 0.583. The van der Waals surface area contributed by atoms with Crippen LogP contribution in [0.25, 0.3) is 0 Å². The second-order valence-electron chi connectivity index (χ2n) is 4.13. The van der Waals surface area contributed by atoms with Crippen LogP contribution in [0.5, 0.6) is 0 Å². The van der Waals surface area contributed by atoms with Crippen LogP contribution in [0, 0.1) is 6.92 Å². The van der Waals surface area contributed by atoms with Crippen molar-refractivity contribution < 1.29 is 9.84 Å². The molecule has 0 aliphatic rings. The zero-order valence-corrected chi connectivity index (χ0v) is 10.2. The lowest BCUT2D eigenvalue weighted by Crippen LogP contribution is -2.31. The number of aryl methyl sites for hydroxylation is 1. The summed E-state index contributed by atoms with van der Waals surface area (Å²) in [6.45, 7) is 3.71. The summed E-state index contributed by atoms with van der Waals surface area (Å²) in [5.41, 5.74) is 2.17. The van der Waals surface area contributed by atoms with Crippen LogP contribution >= 0.6 is 0 Å².